The fraction of sp³-hybridized carbons (Fsp3) is 0.278. The molecule has 3 nitrogen and oxygen atoms in total. The molecule has 0 heterocycles. The lowest BCUT2D eigenvalue weighted by Crippen LogP contribution is -2.49. The van der Waals surface area contributed by atoms with Crippen LogP contribution in [-0.4, -0.2) is 23.8 Å². The molecule has 108 valence electrons. The Morgan fingerprint density at radius 2 is 1.38 bits per heavy atom. The molecule has 2 N–H and O–H groups in total. The second-order valence-electron chi connectivity index (χ2n) is 5.17. The van der Waals surface area contributed by atoms with E-state index >= 15 is 0 Å². The van der Waals surface area contributed by atoms with E-state index in [0.717, 1.165) is 11.1 Å². The van der Waals surface area contributed by atoms with Crippen molar-refractivity contribution in [2.75, 3.05) is 13.2 Å². The minimum absolute atomic E-state index is 0.0208. The van der Waals surface area contributed by atoms with Crippen molar-refractivity contribution < 1.29 is 5.11 Å². The molecule has 0 aliphatic rings. The molecule has 0 spiro atoms. The molecule has 21 heavy (non-hydrogen) atoms. The fourth-order valence-electron chi connectivity index (χ4n) is 2.49. The van der Waals surface area contributed by atoms with Crippen LogP contribution in [0.15, 0.2) is 60.7 Å². The summed E-state index contributed by atoms with van der Waals surface area (Å²) in [6.45, 7) is 0.431. The van der Waals surface area contributed by atoms with Crippen molar-refractivity contribution in [3.8, 4) is 6.07 Å². The van der Waals surface area contributed by atoms with Gasteiger partial charge < -0.3 is 5.11 Å². The van der Waals surface area contributed by atoms with Gasteiger partial charge in [-0.1, -0.05) is 60.7 Å². The maximum atomic E-state index is 9.73. The van der Waals surface area contributed by atoms with Gasteiger partial charge in [-0.05, 0) is 11.1 Å². The van der Waals surface area contributed by atoms with Crippen molar-refractivity contribution in [1.82, 2.24) is 5.32 Å². The first-order chi connectivity index (χ1) is 10.3. The highest BCUT2D eigenvalue weighted by molar-refractivity contribution is 5.27. The van der Waals surface area contributed by atoms with Gasteiger partial charge in [0.15, 0.2) is 0 Å². The molecule has 0 saturated heterocycles. The second kappa shape index (κ2) is 7.58. The number of nitrogens with one attached hydrogen (secondary N) is 1. The number of aliphatic hydroxyl groups is 1. The Morgan fingerprint density at radius 3 is 1.76 bits per heavy atom. The molecule has 0 aromatic heterocycles. The van der Waals surface area contributed by atoms with Gasteiger partial charge in [0.1, 0.15) is 5.54 Å². The van der Waals surface area contributed by atoms with Gasteiger partial charge >= 0.3 is 0 Å². The zero-order chi connectivity index (χ0) is 15.0. The van der Waals surface area contributed by atoms with E-state index in [1.165, 1.54) is 0 Å². The van der Waals surface area contributed by atoms with Crippen molar-refractivity contribution >= 4 is 0 Å². The number of hydrogen-bond acceptors (Lipinski definition) is 3. The number of benzene rings is 2. The van der Waals surface area contributed by atoms with Crippen LogP contribution in [0, 0.1) is 11.3 Å². The Balaban J connectivity index is 2.23. The summed E-state index contributed by atoms with van der Waals surface area (Å²) in [4.78, 5) is 0. The van der Waals surface area contributed by atoms with Gasteiger partial charge in [0.25, 0.3) is 0 Å². The van der Waals surface area contributed by atoms with Gasteiger partial charge in [0, 0.05) is 19.4 Å². The van der Waals surface area contributed by atoms with Gasteiger partial charge in [-0.2, -0.15) is 5.26 Å². The zero-order valence-corrected chi connectivity index (χ0v) is 12.0. The number of aliphatic hydroxyl groups excluding tert-OH is 1. The molecule has 2 rings (SSSR count). The Kier molecular flexibility index (Phi) is 5.51. The topological polar surface area (TPSA) is 56.0 Å². The van der Waals surface area contributed by atoms with Crippen molar-refractivity contribution in [3.05, 3.63) is 71.8 Å². The maximum absolute atomic E-state index is 9.73. The van der Waals surface area contributed by atoms with Gasteiger partial charge in [0.05, 0.1) is 12.7 Å². The van der Waals surface area contributed by atoms with Gasteiger partial charge in [-0.3, -0.25) is 5.32 Å². The van der Waals surface area contributed by atoms with Crippen LogP contribution in [0.25, 0.3) is 0 Å². The highest BCUT2D eigenvalue weighted by Gasteiger charge is 2.30. The number of nitriles is 1. The first-order valence-corrected chi connectivity index (χ1v) is 7.13. The van der Waals surface area contributed by atoms with E-state index in [4.69, 9.17) is 5.11 Å². The lowest BCUT2D eigenvalue weighted by atomic mass is 9.86. The minimum atomic E-state index is -0.703. The predicted molar refractivity (Wildman–Crippen MR) is 83.7 cm³/mol. The van der Waals surface area contributed by atoms with Gasteiger partial charge in [0.2, 0.25) is 0 Å². The minimum Gasteiger partial charge on any atom is -0.395 e. The highest BCUT2D eigenvalue weighted by Crippen LogP contribution is 2.19. The maximum Gasteiger partial charge on any atom is 0.114 e. The van der Waals surface area contributed by atoms with Gasteiger partial charge in [-0.25, -0.2) is 0 Å². The van der Waals surface area contributed by atoms with Gasteiger partial charge in [-0.15, -0.1) is 0 Å². The smallest absolute Gasteiger partial charge is 0.114 e. The predicted octanol–water partition coefficient (Wildman–Crippen LogP) is 2.32. The van der Waals surface area contributed by atoms with E-state index in [-0.39, 0.29) is 6.61 Å². The summed E-state index contributed by atoms with van der Waals surface area (Å²) in [5.74, 6) is 0. The van der Waals surface area contributed by atoms with E-state index in [9.17, 15) is 5.26 Å². The third-order valence-corrected chi connectivity index (χ3v) is 3.49. The normalized spacial score (nSPS) is 11.0. The number of β-amino-alcohol motifs (C(OH)–C–C–N with tert-alkyl or cyclic N) is 1. The summed E-state index contributed by atoms with van der Waals surface area (Å²) >= 11 is 0. The molecule has 2 aromatic carbocycles. The Bertz CT molecular complexity index is 534. The highest BCUT2D eigenvalue weighted by atomic mass is 16.3. The van der Waals surface area contributed by atoms with E-state index in [2.05, 4.69) is 11.4 Å². The Hall–Kier alpha value is -2.15. The van der Waals surface area contributed by atoms with Crippen LogP contribution in [0.3, 0.4) is 0 Å². The van der Waals surface area contributed by atoms with Crippen LogP contribution >= 0.6 is 0 Å². The average Bonchev–Trinajstić information content (AvgIpc) is 2.54. The molecule has 0 bridgehead atoms. The molecular formula is C18H20N2O. The van der Waals surface area contributed by atoms with Crippen LogP contribution in [0.5, 0.6) is 0 Å². The number of nitrogens with zero attached hydrogens (tertiary/aromatic N) is 1. The lowest BCUT2D eigenvalue weighted by Gasteiger charge is -2.28. The SMILES string of the molecule is N#CC(Cc1ccccc1)(Cc1ccccc1)NCCO. The Labute approximate surface area is 125 Å². The third kappa shape index (κ3) is 4.42. The van der Waals surface area contributed by atoms with Crippen LogP contribution in [0.1, 0.15) is 11.1 Å². The second-order valence-corrected chi connectivity index (χ2v) is 5.17. The molecule has 0 fully saturated rings. The van der Waals surface area contributed by atoms with E-state index in [0.29, 0.717) is 19.4 Å². The van der Waals surface area contributed by atoms with Crippen molar-refractivity contribution in [2.24, 2.45) is 0 Å². The van der Waals surface area contributed by atoms with Crippen molar-refractivity contribution in [2.45, 2.75) is 18.4 Å². The summed E-state index contributed by atoms with van der Waals surface area (Å²) < 4.78 is 0. The summed E-state index contributed by atoms with van der Waals surface area (Å²) in [5.41, 5.74) is 1.52. The van der Waals surface area contributed by atoms with Crippen molar-refractivity contribution in [1.29, 1.82) is 5.26 Å². The third-order valence-electron chi connectivity index (χ3n) is 3.49. The molecule has 2 aromatic rings. The van der Waals surface area contributed by atoms with Crippen LogP contribution in [0.4, 0.5) is 0 Å². The molecular weight excluding hydrogens is 260 g/mol. The van der Waals surface area contributed by atoms with Crippen LogP contribution < -0.4 is 5.32 Å². The fourth-order valence-corrected chi connectivity index (χ4v) is 2.49. The number of hydrogen-bond donors (Lipinski definition) is 2. The monoisotopic (exact) mass is 280 g/mol. The summed E-state index contributed by atoms with van der Waals surface area (Å²) in [5, 5.41) is 22.0. The summed E-state index contributed by atoms with van der Waals surface area (Å²) in [6, 6.07) is 22.4. The molecule has 0 amide bonds. The molecule has 0 atom stereocenters. The van der Waals surface area contributed by atoms with Crippen molar-refractivity contribution in [3.63, 3.8) is 0 Å². The molecule has 0 radical (unpaired) electrons. The lowest BCUT2D eigenvalue weighted by molar-refractivity contribution is 0.270. The first kappa shape index (κ1) is 15.2. The molecule has 0 aliphatic carbocycles. The van der Waals surface area contributed by atoms with Crippen LogP contribution in [0.2, 0.25) is 0 Å². The van der Waals surface area contributed by atoms with E-state index < -0.39 is 5.54 Å². The zero-order valence-electron chi connectivity index (χ0n) is 12.0. The molecule has 3 heteroatoms. The molecule has 0 aliphatic heterocycles. The molecule has 0 unspecified atom stereocenters. The van der Waals surface area contributed by atoms with Crippen LogP contribution in [-0.2, 0) is 12.8 Å². The summed E-state index contributed by atoms with van der Waals surface area (Å²) in [7, 11) is 0. The Morgan fingerprint density at radius 1 is 0.905 bits per heavy atom. The standard InChI is InChI=1S/C18H20N2O/c19-15-18(20-11-12-21,13-16-7-3-1-4-8-16)14-17-9-5-2-6-10-17/h1-10,20-21H,11-14H2. The summed E-state index contributed by atoms with van der Waals surface area (Å²) in [6.07, 6.45) is 1.22. The largest absolute Gasteiger partial charge is 0.395 e. The average molecular weight is 280 g/mol. The quantitative estimate of drug-likeness (QED) is 0.818. The first-order valence-electron chi connectivity index (χ1n) is 7.13. The van der Waals surface area contributed by atoms with E-state index in [1.807, 2.05) is 60.7 Å². The molecule has 0 saturated carbocycles. The number of rotatable bonds is 7. The van der Waals surface area contributed by atoms with E-state index in [1.54, 1.807) is 0 Å².